The second kappa shape index (κ2) is 5.79. The maximum atomic E-state index is 5.86. The summed E-state index contributed by atoms with van der Waals surface area (Å²) < 4.78 is 2.21. The SMILES string of the molecule is Nc1ccc2nc(-c3ccc(-c4nc5ccc(N)cc5s4)cc3)sc2c1. The van der Waals surface area contributed by atoms with Gasteiger partial charge in [0.05, 0.1) is 20.4 Å². The molecule has 0 aliphatic carbocycles. The number of nitrogens with two attached hydrogens (primary N) is 2. The maximum absolute atomic E-state index is 5.86. The Kier molecular flexibility index (Phi) is 3.41. The van der Waals surface area contributed by atoms with Crippen LogP contribution < -0.4 is 11.5 Å². The van der Waals surface area contributed by atoms with Crippen LogP contribution in [0.3, 0.4) is 0 Å². The van der Waals surface area contributed by atoms with Crippen LogP contribution in [0.25, 0.3) is 41.6 Å². The molecule has 126 valence electrons. The lowest BCUT2D eigenvalue weighted by atomic mass is 10.1. The average Bonchev–Trinajstić information content (AvgIpc) is 3.25. The van der Waals surface area contributed by atoms with E-state index in [0.717, 1.165) is 53.0 Å². The molecule has 0 radical (unpaired) electrons. The van der Waals surface area contributed by atoms with Crippen LogP contribution in [0.2, 0.25) is 0 Å². The van der Waals surface area contributed by atoms with E-state index < -0.39 is 0 Å². The van der Waals surface area contributed by atoms with Crippen LogP contribution in [0.15, 0.2) is 60.7 Å². The van der Waals surface area contributed by atoms with E-state index in [1.165, 1.54) is 0 Å². The molecule has 0 fully saturated rings. The van der Waals surface area contributed by atoms with Crippen molar-refractivity contribution in [2.45, 2.75) is 0 Å². The summed E-state index contributed by atoms with van der Waals surface area (Å²) >= 11 is 3.31. The van der Waals surface area contributed by atoms with Crippen molar-refractivity contribution in [3.63, 3.8) is 0 Å². The molecule has 6 heteroatoms. The highest BCUT2D eigenvalue weighted by atomic mass is 32.1. The molecule has 5 aromatic rings. The quantitative estimate of drug-likeness (QED) is 0.405. The number of nitrogens with zero attached hydrogens (tertiary/aromatic N) is 2. The fourth-order valence-electron chi connectivity index (χ4n) is 2.88. The minimum absolute atomic E-state index is 0.763. The van der Waals surface area contributed by atoms with Crippen molar-refractivity contribution in [1.29, 1.82) is 0 Å². The molecule has 0 amide bonds. The first-order valence-corrected chi connectivity index (χ1v) is 9.72. The lowest BCUT2D eigenvalue weighted by Gasteiger charge is -1.98. The Hall–Kier alpha value is -2.96. The predicted octanol–water partition coefficient (Wildman–Crippen LogP) is 5.40. The van der Waals surface area contributed by atoms with E-state index in [0.29, 0.717) is 0 Å². The lowest BCUT2D eigenvalue weighted by Crippen LogP contribution is -1.81. The van der Waals surface area contributed by atoms with E-state index in [4.69, 9.17) is 21.4 Å². The fraction of sp³-hybridized carbons (Fsp3) is 0. The highest BCUT2D eigenvalue weighted by molar-refractivity contribution is 7.22. The first kappa shape index (κ1) is 15.3. The molecule has 0 atom stereocenters. The molecule has 2 heterocycles. The number of benzene rings is 3. The summed E-state index contributed by atoms with van der Waals surface area (Å²) in [6.45, 7) is 0. The van der Waals surface area contributed by atoms with Crippen LogP contribution >= 0.6 is 22.7 Å². The summed E-state index contributed by atoms with van der Waals surface area (Å²) in [5, 5.41) is 1.99. The fourth-order valence-corrected chi connectivity index (χ4v) is 4.92. The van der Waals surface area contributed by atoms with Gasteiger partial charge in [-0.15, -0.1) is 22.7 Å². The number of fused-ring (bicyclic) bond motifs is 2. The Bertz CT molecular complexity index is 1150. The highest BCUT2D eigenvalue weighted by Gasteiger charge is 2.09. The molecule has 0 unspecified atom stereocenters. The Morgan fingerprint density at radius 2 is 1.00 bits per heavy atom. The van der Waals surface area contributed by atoms with E-state index >= 15 is 0 Å². The van der Waals surface area contributed by atoms with Crippen molar-refractivity contribution in [2.75, 3.05) is 11.5 Å². The van der Waals surface area contributed by atoms with Crippen molar-refractivity contribution >= 4 is 54.5 Å². The van der Waals surface area contributed by atoms with Gasteiger partial charge in [0.1, 0.15) is 10.0 Å². The van der Waals surface area contributed by atoms with Crippen LogP contribution in [-0.4, -0.2) is 9.97 Å². The standard InChI is InChI=1S/C20H14N4S2/c21-13-5-7-15-17(9-13)25-19(23-15)11-1-2-12(4-3-11)20-24-16-8-6-14(22)10-18(16)26-20/h1-10H,21-22H2. The molecule has 0 saturated carbocycles. The molecule has 0 spiro atoms. The van der Waals surface area contributed by atoms with Crippen molar-refractivity contribution in [3.8, 4) is 21.1 Å². The lowest BCUT2D eigenvalue weighted by molar-refractivity contribution is 1.46. The van der Waals surface area contributed by atoms with E-state index in [1.54, 1.807) is 22.7 Å². The minimum atomic E-state index is 0.763. The number of hydrogen-bond donors (Lipinski definition) is 2. The van der Waals surface area contributed by atoms with Gasteiger partial charge in [-0.05, 0) is 36.4 Å². The monoisotopic (exact) mass is 374 g/mol. The first-order valence-electron chi connectivity index (χ1n) is 8.09. The third-order valence-electron chi connectivity index (χ3n) is 4.20. The van der Waals surface area contributed by atoms with Gasteiger partial charge in [0.2, 0.25) is 0 Å². The Morgan fingerprint density at radius 1 is 0.577 bits per heavy atom. The molecule has 5 rings (SSSR count). The molecule has 26 heavy (non-hydrogen) atoms. The number of aromatic nitrogens is 2. The van der Waals surface area contributed by atoms with Crippen molar-refractivity contribution < 1.29 is 0 Å². The number of hydrogen-bond acceptors (Lipinski definition) is 6. The second-order valence-corrected chi connectivity index (χ2v) is 8.13. The summed E-state index contributed by atoms with van der Waals surface area (Å²) in [5.41, 5.74) is 17.4. The van der Waals surface area contributed by atoms with Crippen molar-refractivity contribution in [3.05, 3.63) is 60.7 Å². The summed E-state index contributed by atoms with van der Waals surface area (Å²) in [6.07, 6.45) is 0. The molecular formula is C20H14N4S2. The maximum Gasteiger partial charge on any atom is 0.124 e. The van der Waals surface area contributed by atoms with Gasteiger partial charge >= 0.3 is 0 Å². The van der Waals surface area contributed by atoms with E-state index in [1.807, 2.05) is 36.4 Å². The largest absolute Gasteiger partial charge is 0.399 e. The minimum Gasteiger partial charge on any atom is -0.399 e. The summed E-state index contributed by atoms with van der Waals surface area (Å²) in [7, 11) is 0. The smallest absolute Gasteiger partial charge is 0.124 e. The molecule has 4 N–H and O–H groups in total. The van der Waals surface area contributed by atoms with Crippen LogP contribution in [0.5, 0.6) is 0 Å². The van der Waals surface area contributed by atoms with Crippen molar-refractivity contribution in [1.82, 2.24) is 9.97 Å². The summed E-state index contributed by atoms with van der Waals surface area (Å²) in [4.78, 5) is 9.41. The Labute approximate surface area is 157 Å². The van der Waals surface area contributed by atoms with Gasteiger partial charge in [0.15, 0.2) is 0 Å². The van der Waals surface area contributed by atoms with Gasteiger partial charge < -0.3 is 11.5 Å². The zero-order chi connectivity index (χ0) is 17.7. The van der Waals surface area contributed by atoms with Gasteiger partial charge in [0, 0.05) is 22.5 Å². The first-order chi connectivity index (χ1) is 12.7. The highest BCUT2D eigenvalue weighted by Crippen LogP contribution is 2.34. The van der Waals surface area contributed by atoms with Gasteiger partial charge in [0.25, 0.3) is 0 Å². The van der Waals surface area contributed by atoms with Crippen LogP contribution in [0.1, 0.15) is 0 Å². The van der Waals surface area contributed by atoms with E-state index in [2.05, 4.69) is 24.3 Å². The van der Waals surface area contributed by atoms with Gasteiger partial charge in [-0.1, -0.05) is 24.3 Å². The third kappa shape index (κ3) is 2.60. The molecule has 0 bridgehead atoms. The number of rotatable bonds is 2. The second-order valence-electron chi connectivity index (χ2n) is 6.07. The molecule has 0 aliphatic rings. The number of anilines is 2. The molecule has 0 saturated heterocycles. The molecule has 3 aromatic carbocycles. The van der Waals surface area contributed by atoms with E-state index in [-0.39, 0.29) is 0 Å². The van der Waals surface area contributed by atoms with Crippen LogP contribution in [0.4, 0.5) is 11.4 Å². The topological polar surface area (TPSA) is 77.8 Å². The number of nitrogen functional groups attached to an aromatic ring is 2. The van der Waals surface area contributed by atoms with Crippen LogP contribution in [-0.2, 0) is 0 Å². The van der Waals surface area contributed by atoms with E-state index in [9.17, 15) is 0 Å². The Balaban J connectivity index is 1.52. The molecule has 0 aliphatic heterocycles. The van der Waals surface area contributed by atoms with Gasteiger partial charge in [-0.2, -0.15) is 0 Å². The molecule has 2 aromatic heterocycles. The normalized spacial score (nSPS) is 11.4. The molecular weight excluding hydrogens is 360 g/mol. The molecule has 4 nitrogen and oxygen atoms in total. The predicted molar refractivity (Wildman–Crippen MR) is 112 cm³/mol. The van der Waals surface area contributed by atoms with Crippen LogP contribution in [0, 0.1) is 0 Å². The van der Waals surface area contributed by atoms with Crippen molar-refractivity contribution in [2.24, 2.45) is 0 Å². The van der Waals surface area contributed by atoms with Gasteiger partial charge in [-0.3, -0.25) is 0 Å². The summed E-state index contributed by atoms with van der Waals surface area (Å²) in [5.74, 6) is 0. The summed E-state index contributed by atoms with van der Waals surface area (Å²) in [6, 6.07) is 20.0. The Morgan fingerprint density at radius 3 is 1.42 bits per heavy atom. The van der Waals surface area contributed by atoms with Gasteiger partial charge in [-0.25, -0.2) is 9.97 Å². The third-order valence-corrected chi connectivity index (χ3v) is 6.34. The number of thiazole rings is 2. The zero-order valence-electron chi connectivity index (χ0n) is 13.6. The zero-order valence-corrected chi connectivity index (χ0v) is 15.3. The average molecular weight is 374 g/mol.